The van der Waals surface area contributed by atoms with E-state index in [-0.39, 0.29) is 41.2 Å². The second kappa shape index (κ2) is 15.7. The van der Waals surface area contributed by atoms with Crippen LogP contribution in [0.3, 0.4) is 0 Å². The van der Waals surface area contributed by atoms with Crippen molar-refractivity contribution < 1.29 is 18.8 Å². The minimum absolute atomic E-state index is 0.0269. The number of benzene rings is 2. The van der Waals surface area contributed by atoms with E-state index in [0.29, 0.717) is 42.6 Å². The number of amides is 2. The van der Waals surface area contributed by atoms with Gasteiger partial charge in [-0.3, -0.25) is 19.2 Å². The molecule has 2 aliphatic heterocycles. The molecule has 1 aromatic heterocycles. The molecule has 7 N–H and O–H groups in total. The van der Waals surface area contributed by atoms with E-state index in [2.05, 4.69) is 50.5 Å². The van der Waals surface area contributed by atoms with Crippen molar-refractivity contribution in [1.82, 2.24) is 30.2 Å². The molecule has 13 nitrogen and oxygen atoms in total. The first-order chi connectivity index (χ1) is 25.4. The maximum absolute atomic E-state index is 15.3. The van der Waals surface area contributed by atoms with Gasteiger partial charge in [0.1, 0.15) is 17.8 Å². The molecule has 0 radical (unpaired) electrons. The highest BCUT2D eigenvalue weighted by Crippen LogP contribution is 2.49. The van der Waals surface area contributed by atoms with Crippen LogP contribution in [-0.4, -0.2) is 85.0 Å². The third kappa shape index (κ3) is 8.02. The second-order valence-corrected chi connectivity index (χ2v) is 14.5. The molecule has 1 unspecified atom stereocenters. The average Bonchev–Trinajstić information content (AvgIpc) is 4.08. The number of nitrogens with one attached hydrogen (secondary N) is 3. The van der Waals surface area contributed by atoms with Crippen LogP contribution in [0.2, 0.25) is 0 Å². The molecular weight excluding hydrogens is 675 g/mol. The number of nitrogens with zero attached hydrogens (tertiary/aromatic N) is 5. The number of likely N-dealkylation sites (tertiary alicyclic amines) is 1. The van der Waals surface area contributed by atoms with Crippen LogP contribution < -0.4 is 32.3 Å². The molecule has 2 aromatic carbocycles. The minimum atomic E-state index is -0.461. The SMILES string of the molecule is CCC1c2c(cnn2C2CN(Cc3cccc(C(=O)N(C)C)c3F)C2)-c2cccc(NC(/C=C(\N)NC)=C(/N)C(=O)NC3CC3)c2N1C.O=CC1CC1. The zero-order valence-corrected chi connectivity index (χ0v) is 31.2. The van der Waals surface area contributed by atoms with E-state index in [9.17, 15) is 14.4 Å². The molecule has 3 fully saturated rings. The van der Waals surface area contributed by atoms with E-state index in [0.717, 1.165) is 66.6 Å². The van der Waals surface area contributed by atoms with Crippen LogP contribution in [0.1, 0.15) is 72.7 Å². The number of carbonyl (C=O) groups is 3. The maximum atomic E-state index is 15.3. The number of fused-ring (bicyclic) bond motifs is 3. The second-order valence-electron chi connectivity index (χ2n) is 14.5. The van der Waals surface area contributed by atoms with E-state index < -0.39 is 5.82 Å². The molecule has 7 rings (SSSR count). The summed E-state index contributed by atoms with van der Waals surface area (Å²) in [6.45, 7) is 4.00. The summed E-state index contributed by atoms with van der Waals surface area (Å²) in [6, 6.07) is 11.3. The number of allylic oxidation sites excluding steroid dienone is 1. The zero-order chi connectivity index (χ0) is 38.0. The van der Waals surface area contributed by atoms with Gasteiger partial charge in [-0.05, 0) is 44.2 Å². The summed E-state index contributed by atoms with van der Waals surface area (Å²) in [5.74, 6) is -0.326. The largest absolute Gasteiger partial charge is 0.393 e. The highest BCUT2D eigenvalue weighted by atomic mass is 19.1. The van der Waals surface area contributed by atoms with Gasteiger partial charge >= 0.3 is 0 Å². The van der Waals surface area contributed by atoms with Gasteiger partial charge in [0.25, 0.3) is 11.8 Å². The van der Waals surface area contributed by atoms with Crippen LogP contribution in [-0.2, 0) is 16.1 Å². The van der Waals surface area contributed by atoms with E-state index in [1.807, 2.05) is 18.3 Å². The summed E-state index contributed by atoms with van der Waals surface area (Å²) >= 11 is 0. The van der Waals surface area contributed by atoms with Crippen molar-refractivity contribution in [2.24, 2.45) is 17.4 Å². The van der Waals surface area contributed by atoms with Crippen molar-refractivity contribution in [3.8, 4) is 11.1 Å². The number of hydrogen-bond acceptors (Lipinski definition) is 10. The van der Waals surface area contributed by atoms with Gasteiger partial charge in [-0.15, -0.1) is 0 Å². The number of para-hydroxylation sites is 1. The molecule has 3 heterocycles. The standard InChI is InChI=1S/C35H45FN10O2.C4H6O/c1-6-28-33-25(16-40-46(33)22-18-45(19-22)17-20-9-7-11-24(30(20)36)35(48)43(3)4)23-10-8-12-26(32(23)44(28)5)42-27(15-29(37)39-2)31(38)34(47)41-21-13-14-21;5-3-4-1-2-4/h7-12,15-16,21-22,28,39,42H,6,13-14,17-19,37-38H2,1-5H3,(H,41,47);3-4H,1-2H2/b29-15+,31-27+;. The summed E-state index contributed by atoms with van der Waals surface area (Å²) in [5.41, 5.74) is 18.5. The lowest BCUT2D eigenvalue weighted by Crippen LogP contribution is -2.48. The van der Waals surface area contributed by atoms with Crippen molar-refractivity contribution in [3.05, 3.63) is 88.5 Å². The Morgan fingerprint density at radius 3 is 2.38 bits per heavy atom. The molecule has 1 saturated heterocycles. The van der Waals surface area contributed by atoms with E-state index in [1.165, 1.54) is 11.0 Å². The molecule has 1 atom stereocenters. The van der Waals surface area contributed by atoms with Gasteiger partial charge in [0.05, 0.1) is 52.4 Å². The molecule has 2 saturated carbocycles. The average molecular weight is 727 g/mol. The maximum Gasteiger partial charge on any atom is 0.269 e. The van der Waals surface area contributed by atoms with Crippen molar-refractivity contribution in [2.75, 3.05) is 51.5 Å². The molecule has 4 aliphatic rings. The van der Waals surface area contributed by atoms with Gasteiger partial charge in [0, 0.05) is 82.6 Å². The number of aldehydes is 1. The third-order valence-electron chi connectivity index (χ3n) is 10.2. The molecular formula is C39H51FN10O3. The van der Waals surface area contributed by atoms with Crippen LogP contribution in [0, 0.1) is 11.7 Å². The first kappa shape index (κ1) is 37.4. The Morgan fingerprint density at radius 1 is 1.06 bits per heavy atom. The molecule has 282 valence electrons. The third-order valence-corrected chi connectivity index (χ3v) is 10.2. The summed E-state index contributed by atoms with van der Waals surface area (Å²) in [6.07, 6.45) is 9.61. The van der Waals surface area contributed by atoms with Gasteiger partial charge in [0.15, 0.2) is 0 Å². The van der Waals surface area contributed by atoms with E-state index >= 15 is 4.39 Å². The molecule has 14 heteroatoms. The summed E-state index contributed by atoms with van der Waals surface area (Å²) in [4.78, 5) is 40.8. The Balaban J connectivity index is 0.000000887. The van der Waals surface area contributed by atoms with Gasteiger partial charge < -0.3 is 42.0 Å². The molecule has 53 heavy (non-hydrogen) atoms. The summed E-state index contributed by atoms with van der Waals surface area (Å²) in [7, 11) is 7.02. The molecule has 2 amide bonds. The number of rotatable bonds is 12. The number of halogens is 1. The first-order valence-electron chi connectivity index (χ1n) is 18.3. The monoisotopic (exact) mass is 726 g/mol. The smallest absolute Gasteiger partial charge is 0.269 e. The molecule has 2 aliphatic carbocycles. The number of carbonyl (C=O) groups excluding carboxylic acids is 3. The first-order valence-corrected chi connectivity index (χ1v) is 18.3. The molecule has 3 aromatic rings. The fourth-order valence-electron chi connectivity index (χ4n) is 6.83. The Morgan fingerprint density at radius 2 is 1.77 bits per heavy atom. The van der Waals surface area contributed by atoms with Gasteiger partial charge in [-0.1, -0.05) is 31.2 Å². The van der Waals surface area contributed by atoms with Crippen molar-refractivity contribution in [3.63, 3.8) is 0 Å². The van der Waals surface area contributed by atoms with E-state index in [4.69, 9.17) is 16.6 Å². The van der Waals surface area contributed by atoms with Crippen LogP contribution in [0.25, 0.3) is 11.1 Å². The Hall–Kier alpha value is -5.37. The zero-order valence-electron chi connectivity index (χ0n) is 31.2. The van der Waals surface area contributed by atoms with Gasteiger partial charge in [-0.25, -0.2) is 4.39 Å². The minimum Gasteiger partial charge on any atom is -0.393 e. The van der Waals surface area contributed by atoms with Crippen molar-refractivity contribution >= 4 is 29.5 Å². The van der Waals surface area contributed by atoms with Crippen molar-refractivity contribution in [1.29, 1.82) is 0 Å². The molecule has 0 spiro atoms. The van der Waals surface area contributed by atoms with Crippen LogP contribution >= 0.6 is 0 Å². The Bertz CT molecular complexity index is 1920. The fourth-order valence-corrected chi connectivity index (χ4v) is 6.83. The highest BCUT2D eigenvalue weighted by Gasteiger charge is 2.38. The predicted molar refractivity (Wildman–Crippen MR) is 204 cm³/mol. The lowest BCUT2D eigenvalue weighted by molar-refractivity contribution is -0.117. The highest BCUT2D eigenvalue weighted by molar-refractivity contribution is 5.97. The number of anilines is 2. The number of hydrogen-bond donors (Lipinski definition) is 5. The lowest BCUT2D eigenvalue weighted by atomic mass is 9.91. The van der Waals surface area contributed by atoms with Gasteiger partial charge in [0.2, 0.25) is 0 Å². The predicted octanol–water partition coefficient (Wildman–Crippen LogP) is 3.82. The fraction of sp³-hybridized carbons (Fsp3) is 0.436. The number of aromatic nitrogens is 2. The Kier molecular flexibility index (Phi) is 11.1. The van der Waals surface area contributed by atoms with Crippen LogP contribution in [0.15, 0.2) is 65.9 Å². The summed E-state index contributed by atoms with van der Waals surface area (Å²) in [5, 5.41) is 14.2. The number of nitrogens with two attached hydrogens (primary N) is 2. The Labute approximate surface area is 310 Å². The van der Waals surface area contributed by atoms with Crippen LogP contribution in [0.4, 0.5) is 15.8 Å². The molecule has 0 bridgehead atoms. The quantitative estimate of drug-likeness (QED) is 0.105. The van der Waals surface area contributed by atoms with Crippen molar-refractivity contribution in [2.45, 2.75) is 63.7 Å². The van der Waals surface area contributed by atoms with Crippen LogP contribution in [0.5, 0.6) is 0 Å². The normalized spacial score (nSPS) is 18.7. The lowest BCUT2D eigenvalue weighted by Gasteiger charge is -2.43. The summed E-state index contributed by atoms with van der Waals surface area (Å²) < 4.78 is 17.4. The van der Waals surface area contributed by atoms with E-state index in [1.54, 1.807) is 39.4 Å². The topological polar surface area (TPSA) is 167 Å². The van der Waals surface area contributed by atoms with Gasteiger partial charge in [-0.2, -0.15) is 5.10 Å².